The van der Waals surface area contributed by atoms with Crippen LogP contribution in [0.3, 0.4) is 0 Å². The summed E-state index contributed by atoms with van der Waals surface area (Å²) in [7, 11) is -1.01. The van der Waals surface area contributed by atoms with Crippen molar-refractivity contribution >= 4 is 8.80 Å². The molecule has 0 saturated carbocycles. The van der Waals surface area contributed by atoms with Gasteiger partial charge in [-0.25, -0.2) is 0 Å². The van der Waals surface area contributed by atoms with Crippen molar-refractivity contribution in [2.75, 3.05) is 26.9 Å². The van der Waals surface area contributed by atoms with Gasteiger partial charge in [0.15, 0.2) is 0 Å². The van der Waals surface area contributed by atoms with Crippen molar-refractivity contribution in [3.05, 3.63) is 28.8 Å². The monoisotopic (exact) mass is 312 g/mol. The quantitative estimate of drug-likeness (QED) is 0.655. The van der Waals surface area contributed by atoms with E-state index in [0.29, 0.717) is 25.9 Å². The molecule has 1 rings (SSSR count). The zero-order chi connectivity index (χ0) is 15.9. The van der Waals surface area contributed by atoms with E-state index >= 15 is 0 Å². The van der Waals surface area contributed by atoms with Crippen LogP contribution in [0.15, 0.2) is 12.1 Å². The van der Waals surface area contributed by atoms with E-state index in [1.165, 1.54) is 5.56 Å². The highest BCUT2D eigenvalue weighted by Crippen LogP contribution is 2.30. The van der Waals surface area contributed by atoms with Gasteiger partial charge >= 0.3 is 8.80 Å². The molecule has 0 aromatic heterocycles. The lowest BCUT2D eigenvalue weighted by Crippen LogP contribution is -2.49. The van der Waals surface area contributed by atoms with Crippen LogP contribution in [0, 0.1) is 13.8 Å². The third-order valence-corrected chi connectivity index (χ3v) is 6.35. The predicted molar refractivity (Wildman–Crippen MR) is 86.8 cm³/mol. The van der Waals surface area contributed by atoms with Gasteiger partial charge in [0.2, 0.25) is 0 Å². The van der Waals surface area contributed by atoms with E-state index in [4.69, 9.17) is 18.0 Å². The first-order valence-corrected chi connectivity index (χ1v) is 9.51. The first-order valence-electron chi connectivity index (χ1n) is 7.58. The third-order valence-electron chi connectivity index (χ3n) is 3.38. The molecule has 0 fully saturated rings. The van der Waals surface area contributed by atoms with Crippen molar-refractivity contribution < 1.29 is 18.0 Å². The van der Waals surface area contributed by atoms with Gasteiger partial charge in [-0.2, -0.15) is 0 Å². The molecule has 0 heterocycles. The van der Waals surface area contributed by atoms with Crippen molar-refractivity contribution in [2.24, 2.45) is 0 Å². The molecule has 0 aliphatic heterocycles. The van der Waals surface area contributed by atoms with Gasteiger partial charge in [0.25, 0.3) is 0 Å². The second-order valence-corrected chi connectivity index (χ2v) is 7.46. The number of methoxy groups -OCH3 is 1. The molecule has 0 saturated heterocycles. The largest absolute Gasteiger partial charge is 0.505 e. The van der Waals surface area contributed by atoms with E-state index in [0.717, 1.165) is 16.9 Å². The Morgan fingerprint density at radius 3 is 1.76 bits per heavy atom. The van der Waals surface area contributed by atoms with Crippen LogP contribution >= 0.6 is 0 Å². The predicted octanol–water partition coefficient (Wildman–Crippen LogP) is 3.44. The molecule has 1 aromatic carbocycles. The van der Waals surface area contributed by atoms with Gasteiger partial charge < -0.3 is 18.0 Å². The topological polar surface area (TPSA) is 36.9 Å². The molecule has 0 aliphatic carbocycles. The van der Waals surface area contributed by atoms with Crippen LogP contribution in [-0.2, 0) is 19.3 Å². The molecule has 0 radical (unpaired) electrons. The minimum Gasteiger partial charge on any atom is -0.496 e. The van der Waals surface area contributed by atoms with Crippen molar-refractivity contribution in [1.82, 2.24) is 0 Å². The van der Waals surface area contributed by atoms with Gasteiger partial charge in [0.05, 0.1) is 7.11 Å². The fourth-order valence-electron chi connectivity index (χ4n) is 2.50. The fraction of sp³-hybridized carbons (Fsp3) is 0.625. The van der Waals surface area contributed by atoms with Crippen LogP contribution in [0.4, 0.5) is 0 Å². The van der Waals surface area contributed by atoms with Crippen molar-refractivity contribution in [1.29, 1.82) is 0 Å². The normalized spacial score (nSPS) is 11.7. The summed E-state index contributed by atoms with van der Waals surface area (Å²) in [5.74, 6) is 0.908. The van der Waals surface area contributed by atoms with Gasteiger partial charge in [0.1, 0.15) is 5.75 Å². The summed E-state index contributed by atoms with van der Waals surface area (Å²) >= 11 is 0. The van der Waals surface area contributed by atoms with Gasteiger partial charge in [-0.15, -0.1) is 0 Å². The van der Waals surface area contributed by atoms with E-state index in [9.17, 15) is 0 Å². The first-order chi connectivity index (χ1) is 10.0. The molecule has 1 aromatic rings. The Morgan fingerprint density at radius 2 is 1.33 bits per heavy atom. The molecule has 5 heteroatoms. The van der Waals surface area contributed by atoms with E-state index in [1.807, 2.05) is 27.7 Å². The molecule has 0 bridgehead atoms. The molecule has 0 aliphatic rings. The van der Waals surface area contributed by atoms with E-state index in [-0.39, 0.29) is 0 Å². The Morgan fingerprint density at radius 1 is 0.857 bits per heavy atom. The average molecular weight is 312 g/mol. The number of rotatable bonds is 9. The standard InChI is InChI=1S/C16H28O4Si/c1-7-18-21(19-8-2,20-9-3)12-15-13(4)10-11-14(5)16(15)17-6/h10-11H,7-9,12H2,1-6H3. The molecular formula is C16H28O4Si. The number of ether oxygens (including phenoxy) is 1. The lowest BCUT2D eigenvalue weighted by Gasteiger charge is -2.29. The SMILES string of the molecule is CCO[Si](Cc1c(C)ccc(C)c1OC)(OCC)OCC. The molecule has 0 spiro atoms. The fourth-order valence-corrected chi connectivity index (χ4v) is 5.25. The second kappa shape index (κ2) is 8.53. The summed E-state index contributed by atoms with van der Waals surface area (Å²) in [6.07, 6.45) is 0. The summed E-state index contributed by atoms with van der Waals surface area (Å²) in [6.45, 7) is 11.8. The summed E-state index contributed by atoms with van der Waals surface area (Å²) in [4.78, 5) is 0. The molecule has 4 nitrogen and oxygen atoms in total. The molecular weight excluding hydrogens is 284 g/mol. The zero-order valence-electron chi connectivity index (χ0n) is 14.1. The Hall–Kier alpha value is -0.883. The highest BCUT2D eigenvalue weighted by Gasteiger charge is 2.42. The van der Waals surface area contributed by atoms with Crippen LogP contribution in [0.5, 0.6) is 5.75 Å². The summed E-state index contributed by atoms with van der Waals surface area (Å²) in [5, 5.41) is 0. The maximum atomic E-state index is 5.95. The first kappa shape index (κ1) is 18.2. The Kier molecular flexibility index (Phi) is 7.38. The smallest absolute Gasteiger partial charge is 0.496 e. The molecule has 120 valence electrons. The summed E-state index contributed by atoms with van der Waals surface area (Å²) < 4.78 is 23.4. The van der Waals surface area contributed by atoms with Crippen LogP contribution in [0.25, 0.3) is 0 Å². The maximum absolute atomic E-state index is 5.95. The molecule has 0 atom stereocenters. The van der Waals surface area contributed by atoms with E-state index in [2.05, 4.69) is 19.1 Å². The number of aryl methyl sites for hydroxylation is 2. The van der Waals surface area contributed by atoms with Crippen LogP contribution in [-0.4, -0.2) is 35.7 Å². The van der Waals surface area contributed by atoms with Crippen LogP contribution < -0.4 is 4.74 Å². The molecule has 21 heavy (non-hydrogen) atoms. The number of hydrogen-bond acceptors (Lipinski definition) is 4. The van der Waals surface area contributed by atoms with Gasteiger partial charge in [0, 0.05) is 31.4 Å². The Bertz CT molecular complexity index is 431. The lowest BCUT2D eigenvalue weighted by atomic mass is 10.1. The molecule has 0 N–H and O–H groups in total. The minimum atomic E-state index is -2.72. The Balaban J connectivity index is 3.21. The van der Waals surface area contributed by atoms with Crippen molar-refractivity contribution in [3.63, 3.8) is 0 Å². The zero-order valence-corrected chi connectivity index (χ0v) is 15.1. The molecule has 0 unspecified atom stereocenters. The van der Waals surface area contributed by atoms with Gasteiger partial charge in [-0.05, 0) is 45.7 Å². The maximum Gasteiger partial charge on any atom is 0.505 e. The van der Waals surface area contributed by atoms with Crippen LogP contribution in [0.2, 0.25) is 0 Å². The lowest BCUT2D eigenvalue weighted by molar-refractivity contribution is 0.0701. The van der Waals surface area contributed by atoms with Gasteiger partial charge in [-0.3, -0.25) is 0 Å². The van der Waals surface area contributed by atoms with Crippen LogP contribution in [0.1, 0.15) is 37.5 Å². The highest BCUT2D eigenvalue weighted by atomic mass is 28.4. The van der Waals surface area contributed by atoms with E-state index in [1.54, 1.807) is 7.11 Å². The summed E-state index contributed by atoms with van der Waals surface area (Å²) in [6, 6.07) is 4.82. The summed E-state index contributed by atoms with van der Waals surface area (Å²) in [5.41, 5.74) is 3.42. The highest BCUT2D eigenvalue weighted by molar-refractivity contribution is 6.60. The average Bonchev–Trinajstić information content (AvgIpc) is 2.44. The van der Waals surface area contributed by atoms with Gasteiger partial charge in [-0.1, -0.05) is 12.1 Å². The number of hydrogen-bond donors (Lipinski definition) is 0. The molecule has 0 amide bonds. The second-order valence-electron chi connectivity index (χ2n) is 4.87. The van der Waals surface area contributed by atoms with Crippen molar-refractivity contribution in [3.8, 4) is 5.75 Å². The van der Waals surface area contributed by atoms with E-state index < -0.39 is 8.80 Å². The third kappa shape index (κ3) is 4.54. The Labute approximate surface area is 129 Å². The minimum absolute atomic E-state index is 0.583. The van der Waals surface area contributed by atoms with Crippen molar-refractivity contribution in [2.45, 2.75) is 40.7 Å². The number of benzene rings is 1.